The van der Waals surface area contributed by atoms with Crippen LogP contribution < -0.4 is 10.6 Å². The summed E-state index contributed by atoms with van der Waals surface area (Å²) in [6, 6.07) is 8.96. The predicted molar refractivity (Wildman–Crippen MR) is 99.0 cm³/mol. The maximum absolute atomic E-state index is 13.5. The lowest BCUT2D eigenvalue weighted by Crippen LogP contribution is -2.26. The molecule has 2 aromatic rings. The summed E-state index contributed by atoms with van der Waals surface area (Å²) in [6.07, 6.45) is 0.465. The first-order valence-corrected chi connectivity index (χ1v) is 8.71. The van der Waals surface area contributed by atoms with E-state index < -0.39 is 23.5 Å². The van der Waals surface area contributed by atoms with Gasteiger partial charge < -0.3 is 15.4 Å². The Balaban J connectivity index is 1.74. The number of rotatable bonds is 8. The summed E-state index contributed by atoms with van der Waals surface area (Å²) in [5, 5.41) is 5.15. The van der Waals surface area contributed by atoms with Crippen molar-refractivity contribution in [1.82, 2.24) is 5.32 Å². The Morgan fingerprint density at radius 2 is 1.75 bits per heavy atom. The highest BCUT2D eigenvalue weighted by Crippen LogP contribution is 2.12. The fourth-order valence-corrected chi connectivity index (χ4v) is 2.35. The van der Waals surface area contributed by atoms with Crippen molar-refractivity contribution >= 4 is 23.5 Å². The number of anilines is 1. The largest absolute Gasteiger partial charge is 0.462 e. The van der Waals surface area contributed by atoms with Gasteiger partial charge in [-0.3, -0.25) is 9.59 Å². The molecule has 148 valence electrons. The summed E-state index contributed by atoms with van der Waals surface area (Å²) in [5.74, 6) is -3.09. The molecule has 0 aliphatic rings. The van der Waals surface area contributed by atoms with Gasteiger partial charge in [0.2, 0.25) is 5.91 Å². The Labute approximate surface area is 160 Å². The summed E-state index contributed by atoms with van der Waals surface area (Å²) in [6.45, 7) is 2.15. The fourth-order valence-electron chi connectivity index (χ4n) is 2.35. The van der Waals surface area contributed by atoms with Gasteiger partial charge in [0.25, 0.3) is 5.91 Å². The lowest BCUT2D eigenvalue weighted by Gasteiger charge is -2.08. The normalized spacial score (nSPS) is 10.2. The molecule has 8 heteroatoms. The Morgan fingerprint density at radius 3 is 2.39 bits per heavy atom. The molecule has 2 rings (SSSR count). The van der Waals surface area contributed by atoms with Gasteiger partial charge in [-0.1, -0.05) is 0 Å². The second-order valence-electron chi connectivity index (χ2n) is 5.83. The number of halogens is 2. The number of ether oxygens (including phenoxy) is 1. The highest BCUT2D eigenvalue weighted by molar-refractivity contribution is 5.95. The van der Waals surface area contributed by atoms with E-state index in [4.69, 9.17) is 4.74 Å². The average Bonchev–Trinajstić information content (AvgIpc) is 2.66. The third-order valence-corrected chi connectivity index (χ3v) is 3.72. The second-order valence-corrected chi connectivity index (χ2v) is 5.83. The molecule has 6 nitrogen and oxygen atoms in total. The van der Waals surface area contributed by atoms with Gasteiger partial charge in [-0.2, -0.15) is 0 Å². The lowest BCUT2D eigenvalue weighted by atomic mass is 10.2. The van der Waals surface area contributed by atoms with E-state index in [0.717, 1.165) is 12.1 Å². The van der Waals surface area contributed by atoms with Gasteiger partial charge in [-0.05, 0) is 49.7 Å². The van der Waals surface area contributed by atoms with Crippen LogP contribution in [0.5, 0.6) is 0 Å². The van der Waals surface area contributed by atoms with Crippen molar-refractivity contribution in [1.29, 1.82) is 0 Å². The molecule has 0 aromatic heterocycles. The molecule has 2 aromatic carbocycles. The molecule has 0 atom stereocenters. The maximum Gasteiger partial charge on any atom is 0.338 e. The molecule has 2 amide bonds. The van der Waals surface area contributed by atoms with E-state index in [2.05, 4.69) is 10.6 Å². The monoisotopic (exact) mass is 390 g/mol. The maximum atomic E-state index is 13.5. The van der Waals surface area contributed by atoms with E-state index in [1.54, 1.807) is 31.2 Å². The Morgan fingerprint density at radius 1 is 1.04 bits per heavy atom. The minimum atomic E-state index is -0.943. The summed E-state index contributed by atoms with van der Waals surface area (Å²) in [4.78, 5) is 35.3. The average molecular weight is 390 g/mol. The summed E-state index contributed by atoms with van der Waals surface area (Å²) < 4.78 is 31.2. The van der Waals surface area contributed by atoms with E-state index >= 15 is 0 Å². The topological polar surface area (TPSA) is 84.5 Å². The molecule has 0 fully saturated rings. The zero-order valence-corrected chi connectivity index (χ0v) is 15.3. The fraction of sp³-hybridized carbons (Fsp3) is 0.250. The molecule has 0 aliphatic heterocycles. The molecule has 0 bridgehead atoms. The van der Waals surface area contributed by atoms with E-state index in [1.165, 1.54) is 0 Å². The molecule has 0 spiro atoms. The van der Waals surface area contributed by atoms with E-state index in [-0.39, 0.29) is 31.0 Å². The second kappa shape index (κ2) is 10.1. The van der Waals surface area contributed by atoms with Crippen molar-refractivity contribution in [3.8, 4) is 0 Å². The number of nitrogens with one attached hydrogen (secondary N) is 2. The van der Waals surface area contributed by atoms with Gasteiger partial charge in [0.1, 0.15) is 11.6 Å². The standard InChI is InChI=1S/C20H20F2N2O4/c1-2-28-20(27)13-5-8-15(9-6-13)24-18(25)4-3-11-23-19(26)16-10-7-14(21)12-17(16)22/h5-10,12H,2-4,11H2,1H3,(H,23,26)(H,24,25). The van der Waals surface area contributed by atoms with Crippen LogP contribution in [-0.2, 0) is 9.53 Å². The zero-order chi connectivity index (χ0) is 20.5. The van der Waals surface area contributed by atoms with Crippen LogP contribution in [-0.4, -0.2) is 30.9 Å². The van der Waals surface area contributed by atoms with Gasteiger partial charge in [-0.25, -0.2) is 13.6 Å². The van der Waals surface area contributed by atoms with E-state index in [0.29, 0.717) is 23.7 Å². The first kappa shape index (κ1) is 21.0. The lowest BCUT2D eigenvalue weighted by molar-refractivity contribution is -0.116. The van der Waals surface area contributed by atoms with Gasteiger partial charge in [0.05, 0.1) is 17.7 Å². The van der Waals surface area contributed by atoms with Crippen molar-refractivity contribution < 1.29 is 27.9 Å². The van der Waals surface area contributed by atoms with Crippen molar-refractivity contribution in [3.63, 3.8) is 0 Å². The summed E-state index contributed by atoms with van der Waals surface area (Å²) >= 11 is 0. The Bertz CT molecular complexity index is 854. The van der Waals surface area contributed by atoms with Gasteiger partial charge in [0.15, 0.2) is 0 Å². The third kappa shape index (κ3) is 6.15. The molecule has 28 heavy (non-hydrogen) atoms. The third-order valence-electron chi connectivity index (χ3n) is 3.72. The zero-order valence-electron chi connectivity index (χ0n) is 15.3. The number of carbonyl (C=O) groups excluding carboxylic acids is 3. The van der Waals surface area contributed by atoms with Crippen molar-refractivity contribution in [2.45, 2.75) is 19.8 Å². The van der Waals surface area contributed by atoms with Crippen LogP contribution in [0.25, 0.3) is 0 Å². The van der Waals surface area contributed by atoms with Crippen LogP contribution in [0.2, 0.25) is 0 Å². The molecular formula is C20H20F2N2O4. The summed E-state index contributed by atoms with van der Waals surface area (Å²) in [7, 11) is 0. The van der Waals surface area contributed by atoms with Crippen LogP contribution >= 0.6 is 0 Å². The molecular weight excluding hydrogens is 370 g/mol. The number of esters is 1. The molecule has 0 heterocycles. The molecule has 0 saturated carbocycles. The van der Waals surface area contributed by atoms with Crippen molar-refractivity contribution in [2.24, 2.45) is 0 Å². The highest BCUT2D eigenvalue weighted by Gasteiger charge is 2.12. The van der Waals surface area contributed by atoms with E-state index in [9.17, 15) is 23.2 Å². The number of hydrogen-bond acceptors (Lipinski definition) is 4. The SMILES string of the molecule is CCOC(=O)c1ccc(NC(=O)CCCNC(=O)c2ccc(F)cc2F)cc1. The van der Waals surface area contributed by atoms with Crippen LogP contribution in [0.4, 0.5) is 14.5 Å². The molecule has 0 unspecified atom stereocenters. The van der Waals surface area contributed by atoms with Crippen molar-refractivity contribution in [3.05, 3.63) is 65.2 Å². The van der Waals surface area contributed by atoms with Crippen LogP contribution in [0, 0.1) is 11.6 Å². The smallest absolute Gasteiger partial charge is 0.338 e. The highest BCUT2D eigenvalue weighted by atomic mass is 19.1. The quantitative estimate of drug-likeness (QED) is 0.535. The molecule has 0 saturated heterocycles. The number of benzene rings is 2. The van der Waals surface area contributed by atoms with Crippen LogP contribution in [0.3, 0.4) is 0 Å². The minimum Gasteiger partial charge on any atom is -0.462 e. The minimum absolute atomic E-state index is 0.131. The van der Waals surface area contributed by atoms with Gasteiger partial charge in [0, 0.05) is 24.7 Å². The first-order chi connectivity index (χ1) is 13.4. The Kier molecular flexibility index (Phi) is 7.62. The van der Waals surface area contributed by atoms with Crippen LogP contribution in [0.15, 0.2) is 42.5 Å². The Hall–Kier alpha value is -3.29. The number of carbonyl (C=O) groups is 3. The predicted octanol–water partition coefficient (Wildman–Crippen LogP) is 3.29. The molecule has 0 aliphatic carbocycles. The molecule has 2 N–H and O–H groups in total. The molecule has 0 radical (unpaired) electrons. The van der Waals surface area contributed by atoms with E-state index in [1.807, 2.05) is 0 Å². The van der Waals surface area contributed by atoms with Crippen molar-refractivity contribution in [2.75, 3.05) is 18.5 Å². The number of amides is 2. The first-order valence-electron chi connectivity index (χ1n) is 8.71. The van der Waals surface area contributed by atoms with Crippen LogP contribution in [0.1, 0.15) is 40.5 Å². The van der Waals surface area contributed by atoms with Gasteiger partial charge >= 0.3 is 5.97 Å². The number of hydrogen-bond donors (Lipinski definition) is 2. The van der Waals surface area contributed by atoms with Gasteiger partial charge in [-0.15, -0.1) is 0 Å². The summed E-state index contributed by atoms with van der Waals surface area (Å²) in [5.41, 5.74) is 0.651.